The summed E-state index contributed by atoms with van der Waals surface area (Å²) < 4.78 is 10.5. The third kappa shape index (κ3) is 5.22. The largest absolute Gasteiger partial charge is 0.493 e. The van der Waals surface area contributed by atoms with Crippen molar-refractivity contribution in [3.05, 3.63) is 59.7 Å². The number of rotatable bonds is 8. The average molecular weight is 358 g/mol. The van der Waals surface area contributed by atoms with Gasteiger partial charge in [-0.25, -0.2) is 4.79 Å². The molecule has 0 fully saturated rings. The second-order valence-corrected chi connectivity index (χ2v) is 5.71. The van der Waals surface area contributed by atoms with Crippen molar-refractivity contribution in [3.8, 4) is 11.5 Å². The van der Waals surface area contributed by atoms with E-state index in [1.54, 1.807) is 14.2 Å². The fourth-order valence-corrected chi connectivity index (χ4v) is 2.71. The third-order valence-electron chi connectivity index (χ3n) is 3.97. The smallest absolute Gasteiger partial charge is 0.319 e. The maximum atomic E-state index is 12.3. The van der Waals surface area contributed by atoms with E-state index < -0.39 is 18.0 Å². The molecule has 0 aliphatic heterocycles. The van der Waals surface area contributed by atoms with Gasteiger partial charge in [-0.05, 0) is 17.7 Å². The number of quaternary nitrogens is 1. The van der Waals surface area contributed by atoms with E-state index in [2.05, 4.69) is 5.32 Å². The number of carbonyl (C=O) groups excluding carboxylic acids is 2. The fourth-order valence-electron chi connectivity index (χ4n) is 2.71. The Balaban J connectivity index is 2.05. The minimum absolute atomic E-state index is 0.434. The Morgan fingerprint density at radius 3 is 2.38 bits per heavy atom. The molecule has 0 aromatic heterocycles. The molecule has 2 aromatic rings. The number of carbonyl (C=O) groups is 2. The lowest BCUT2D eigenvalue weighted by Crippen LogP contribution is -2.88. The number of nitrogens with one attached hydrogen (secondary N) is 1. The quantitative estimate of drug-likeness (QED) is 0.647. The zero-order valence-corrected chi connectivity index (χ0v) is 14.9. The van der Waals surface area contributed by atoms with Crippen molar-refractivity contribution in [1.82, 2.24) is 5.32 Å². The minimum atomic E-state index is -0.857. The van der Waals surface area contributed by atoms with Crippen molar-refractivity contribution < 1.29 is 24.4 Å². The zero-order valence-electron chi connectivity index (χ0n) is 14.9. The summed E-state index contributed by atoms with van der Waals surface area (Å²) in [6.45, 7) is 0.640. The molecule has 0 unspecified atom stereocenters. The Kier molecular flexibility index (Phi) is 6.99. The van der Waals surface area contributed by atoms with Crippen molar-refractivity contribution in [3.63, 3.8) is 0 Å². The van der Waals surface area contributed by atoms with E-state index in [0.717, 1.165) is 11.1 Å². The van der Waals surface area contributed by atoms with E-state index in [4.69, 9.17) is 15.2 Å². The summed E-state index contributed by atoms with van der Waals surface area (Å²) in [4.78, 5) is 23.3. The van der Waals surface area contributed by atoms with Gasteiger partial charge in [-0.3, -0.25) is 10.1 Å². The molecule has 7 nitrogen and oxygen atoms in total. The molecule has 0 heterocycles. The number of urea groups is 1. The third-order valence-corrected chi connectivity index (χ3v) is 3.97. The van der Waals surface area contributed by atoms with E-state index in [1.807, 2.05) is 53.8 Å². The lowest BCUT2D eigenvalue weighted by atomic mass is 10.1. The Labute approximate surface area is 152 Å². The van der Waals surface area contributed by atoms with Gasteiger partial charge in [-0.1, -0.05) is 36.4 Å². The Bertz CT molecular complexity index is 750. The lowest BCUT2D eigenvalue weighted by Gasteiger charge is -2.15. The molecule has 0 aliphatic rings. The van der Waals surface area contributed by atoms with Crippen LogP contribution in [0.3, 0.4) is 0 Å². The molecule has 0 saturated heterocycles. The van der Waals surface area contributed by atoms with Gasteiger partial charge in [0, 0.05) is 12.0 Å². The van der Waals surface area contributed by atoms with Crippen LogP contribution in [0.25, 0.3) is 0 Å². The number of hydrogen-bond acceptors (Lipinski definition) is 4. The van der Waals surface area contributed by atoms with Gasteiger partial charge in [0.15, 0.2) is 17.5 Å². The average Bonchev–Trinajstić information content (AvgIpc) is 2.65. The molecule has 2 aromatic carbocycles. The highest BCUT2D eigenvalue weighted by Gasteiger charge is 2.24. The summed E-state index contributed by atoms with van der Waals surface area (Å²) >= 11 is 0. The summed E-state index contributed by atoms with van der Waals surface area (Å²) in [7, 11) is 3.18. The van der Waals surface area contributed by atoms with Crippen molar-refractivity contribution in [2.24, 2.45) is 5.73 Å². The van der Waals surface area contributed by atoms with Crippen molar-refractivity contribution in [2.75, 3.05) is 20.8 Å². The molecular formula is C19H24N3O4+. The first kappa shape index (κ1) is 19.3. The van der Waals surface area contributed by atoms with Gasteiger partial charge >= 0.3 is 6.03 Å². The first-order valence-corrected chi connectivity index (χ1v) is 8.24. The second-order valence-electron chi connectivity index (χ2n) is 5.71. The standard InChI is InChI=1S/C19H23N3O4/c1-25-15-9-8-13(12-16(15)26-2)10-11-21-17(18(23)22-19(20)24)14-6-4-3-5-7-14/h3-9,12,17,21H,10-11H2,1-2H3,(H3,20,22,23,24)/p+1/t17-/m1/s1. The minimum Gasteiger partial charge on any atom is -0.493 e. The predicted octanol–water partition coefficient (Wildman–Crippen LogP) is 0.746. The maximum Gasteiger partial charge on any atom is 0.319 e. The predicted molar refractivity (Wildman–Crippen MR) is 97.0 cm³/mol. The molecule has 0 saturated carbocycles. The van der Waals surface area contributed by atoms with Crippen LogP contribution in [-0.2, 0) is 11.2 Å². The molecule has 0 spiro atoms. The number of primary amides is 1. The molecule has 7 heteroatoms. The summed E-state index contributed by atoms with van der Waals surface area (Å²) in [6, 6.07) is 13.6. The molecule has 0 bridgehead atoms. The van der Waals surface area contributed by atoms with Gasteiger partial charge in [0.25, 0.3) is 5.91 Å². The fraction of sp³-hybridized carbons (Fsp3) is 0.263. The molecular weight excluding hydrogens is 334 g/mol. The highest BCUT2D eigenvalue weighted by molar-refractivity contribution is 5.96. The van der Waals surface area contributed by atoms with Gasteiger partial charge in [0.1, 0.15) is 0 Å². The van der Waals surface area contributed by atoms with Crippen LogP contribution in [0.1, 0.15) is 17.2 Å². The van der Waals surface area contributed by atoms with Gasteiger partial charge in [-0.2, -0.15) is 0 Å². The molecule has 5 N–H and O–H groups in total. The van der Waals surface area contributed by atoms with Crippen LogP contribution in [0.2, 0.25) is 0 Å². The molecule has 2 rings (SSSR count). The molecule has 0 aliphatic carbocycles. The molecule has 138 valence electrons. The summed E-state index contributed by atoms with van der Waals surface area (Å²) in [6.07, 6.45) is 0.716. The van der Waals surface area contributed by atoms with Crippen LogP contribution >= 0.6 is 0 Å². The van der Waals surface area contributed by atoms with Crippen molar-refractivity contribution >= 4 is 11.9 Å². The zero-order chi connectivity index (χ0) is 18.9. The normalized spacial score (nSPS) is 11.5. The SMILES string of the molecule is COc1ccc(CC[NH2+][C@@H](C(=O)NC(N)=O)c2ccccc2)cc1OC. The Hall–Kier alpha value is -3.06. The van der Waals surface area contributed by atoms with Gasteiger partial charge < -0.3 is 20.5 Å². The Morgan fingerprint density at radius 1 is 1.08 bits per heavy atom. The van der Waals surface area contributed by atoms with Crippen LogP contribution < -0.4 is 25.8 Å². The van der Waals surface area contributed by atoms with Gasteiger partial charge in [-0.15, -0.1) is 0 Å². The first-order chi connectivity index (χ1) is 12.5. The topological polar surface area (TPSA) is 107 Å². The second kappa shape index (κ2) is 9.43. The maximum absolute atomic E-state index is 12.3. The van der Waals surface area contributed by atoms with Crippen LogP contribution in [0.15, 0.2) is 48.5 Å². The monoisotopic (exact) mass is 358 g/mol. The Morgan fingerprint density at radius 2 is 1.77 bits per heavy atom. The number of methoxy groups -OCH3 is 2. The van der Waals surface area contributed by atoms with Crippen molar-refractivity contribution in [1.29, 1.82) is 0 Å². The van der Waals surface area contributed by atoms with E-state index in [1.165, 1.54) is 0 Å². The number of amides is 3. The van der Waals surface area contributed by atoms with Gasteiger partial charge in [0.2, 0.25) is 0 Å². The number of benzene rings is 2. The van der Waals surface area contributed by atoms with Gasteiger partial charge in [0.05, 0.1) is 20.8 Å². The van der Waals surface area contributed by atoms with E-state index in [9.17, 15) is 9.59 Å². The molecule has 3 amide bonds. The summed E-state index contributed by atoms with van der Waals surface area (Å²) in [5.74, 6) is 0.898. The van der Waals surface area contributed by atoms with E-state index in [-0.39, 0.29) is 0 Å². The number of nitrogens with two attached hydrogens (primary N) is 2. The van der Waals surface area contributed by atoms with Crippen LogP contribution in [0, 0.1) is 0 Å². The summed E-state index contributed by atoms with van der Waals surface area (Å²) in [5, 5.41) is 4.03. The first-order valence-electron chi connectivity index (χ1n) is 8.24. The number of ether oxygens (including phenoxy) is 2. The highest BCUT2D eigenvalue weighted by atomic mass is 16.5. The number of hydrogen-bond donors (Lipinski definition) is 3. The molecule has 1 atom stereocenters. The van der Waals surface area contributed by atoms with Crippen LogP contribution in [-0.4, -0.2) is 32.7 Å². The van der Waals surface area contributed by atoms with Crippen LogP contribution in [0.5, 0.6) is 11.5 Å². The van der Waals surface area contributed by atoms with Crippen LogP contribution in [0.4, 0.5) is 4.79 Å². The molecule has 26 heavy (non-hydrogen) atoms. The van der Waals surface area contributed by atoms with E-state index in [0.29, 0.717) is 24.5 Å². The summed E-state index contributed by atoms with van der Waals surface area (Å²) in [5.41, 5.74) is 6.94. The van der Waals surface area contributed by atoms with Crippen molar-refractivity contribution in [2.45, 2.75) is 12.5 Å². The molecule has 0 radical (unpaired) electrons. The lowest BCUT2D eigenvalue weighted by molar-refractivity contribution is -0.682. The van der Waals surface area contributed by atoms with E-state index >= 15 is 0 Å². The number of imide groups is 1. The highest BCUT2D eigenvalue weighted by Crippen LogP contribution is 2.27.